The summed E-state index contributed by atoms with van der Waals surface area (Å²) in [6, 6.07) is 20.1. The number of nitrogens with zero attached hydrogens (tertiary/aromatic N) is 4. The van der Waals surface area contributed by atoms with Crippen LogP contribution in [0.25, 0.3) is 22.4 Å². The van der Waals surface area contributed by atoms with Gasteiger partial charge in [-0.1, -0.05) is 29.8 Å². The summed E-state index contributed by atoms with van der Waals surface area (Å²) in [6.07, 6.45) is 3.64. The number of nitrogens with one attached hydrogen (secondary N) is 1. The number of pyridine rings is 1. The van der Waals surface area contributed by atoms with E-state index >= 15 is 0 Å². The lowest BCUT2D eigenvalue weighted by Crippen LogP contribution is -2.46. The zero-order valence-corrected chi connectivity index (χ0v) is 18.6. The number of H-pyrrole nitrogens is 1. The fourth-order valence-electron chi connectivity index (χ4n) is 4.16. The number of benzene rings is 2. The molecule has 4 aromatic rings. The zero-order valence-electron chi connectivity index (χ0n) is 17.8. The van der Waals surface area contributed by atoms with E-state index in [0.29, 0.717) is 5.02 Å². The second kappa shape index (κ2) is 8.93. The van der Waals surface area contributed by atoms with Gasteiger partial charge >= 0.3 is 0 Å². The molecule has 7 heteroatoms. The number of anilines is 2. The highest BCUT2D eigenvalue weighted by Gasteiger charge is 2.25. The minimum absolute atomic E-state index is 0.715. The van der Waals surface area contributed by atoms with Crippen LogP contribution in [0.1, 0.15) is 0 Å². The number of hydrogen-bond donors (Lipinski definition) is 1. The van der Waals surface area contributed by atoms with Crippen LogP contribution in [0.4, 0.5) is 11.5 Å². The van der Waals surface area contributed by atoms with Gasteiger partial charge in [-0.3, -0.25) is 10.1 Å². The Morgan fingerprint density at radius 3 is 2.31 bits per heavy atom. The maximum Gasteiger partial charge on any atom is 0.159 e. The summed E-state index contributed by atoms with van der Waals surface area (Å²) in [5.41, 5.74) is 5.39. The normalized spacial score (nSPS) is 13.9. The van der Waals surface area contributed by atoms with Crippen LogP contribution in [-0.4, -0.2) is 48.5 Å². The van der Waals surface area contributed by atoms with Crippen molar-refractivity contribution in [2.75, 3.05) is 43.1 Å². The average molecular weight is 446 g/mol. The predicted octanol–water partition coefficient (Wildman–Crippen LogP) is 5.13. The van der Waals surface area contributed by atoms with Crippen molar-refractivity contribution in [1.82, 2.24) is 15.2 Å². The standard InChI is InChI=1S/C25H24ClN5O/c1-32-22-4-2-3-21(17-22)30-13-15-31(16-14-30)25-23(18-9-11-27-12-10-18)24(28-29-25)19-5-7-20(26)8-6-19/h2-12,17H,13-16H2,1H3,(H,28,29). The molecule has 0 atom stereocenters. The highest BCUT2D eigenvalue weighted by atomic mass is 35.5. The molecule has 0 radical (unpaired) electrons. The molecule has 1 aliphatic rings. The molecule has 6 nitrogen and oxygen atoms in total. The quantitative estimate of drug-likeness (QED) is 0.461. The van der Waals surface area contributed by atoms with E-state index in [1.54, 1.807) is 7.11 Å². The molecule has 5 rings (SSSR count). The van der Waals surface area contributed by atoms with Gasteiger partial charge in [0.1, 0.15) is 5.75 Å². The summed E-state index contributed by atoms with van der Waals surface area (Å²) in [5.74, 6) is 1.84. The number of piperazine rings is 1. The fourth-order valence-corrected chi connectivity index (χ4v) is 4.29. The molecule has 0 amide bonds. The summed E-state index contributed by atoms with van der Waals surface area (Å²) in [7, 11) is 1.70. The van der Waals surface area contributed by atoms with Crippen LogP contribution in [0.2, 0.25) is 5.02 Å². The average Bonchev–Trinajstić information content (AvgIpc) is 3.30. The first-order valence-corrected chi connectivity index (χ1v) is 11.0. The van der Waals surface area contributed by atoms with Crippen molar-refractivity contribution in [3.63, 3.8) is 0 Å². The van der Waals surface area contributed by atoms with E-state index in [4.69, 9.17) is 21.4 Å². The van der Waals surface area contributed by atoms with Gasteiger partial charge in [-0.15, -0.1) is 0 Å². The molecule has 2 aromatic heterocycles. The van der Waals surface area contributed by atoms with Crippen molar-refractivity contribution < 1.29 is 4.74 Å². The van der Waals surface area contributed by atoms with Crippen molar-refractivity contribution in [2.45, 2.75) is 0 Å². The maximum absolute atomic E-state index is 6.11. The fraction of sp³-hybridized carbons (Fsp3) is 0.200. The Kier molecular flexibility index (Phi) is 5.69. The van der Waals surface area contributed by atoms with E-state index < -0.39 is 0 Å². The van der Waals surface area contributed by atoms with Gasteiger partial charge in [-0.25, -0.2) is 0 Å². The van der Waals surface area contributed by atoms with Gasteiger partial charge in [0.2, 0.25) is 0 Å². The monoisotopic (exact) mass is 445 g/mol. The van der Waals surface area contributed by atoms with Crippen LogP contribution in [0.3, 0.4) is 0 Å². The summed E-state index contributed by atoms with van der Waals surface area (Å²) < 4.78 is 5.39. The van der Waals surface area contributed by atoms with Crippen LogP contribution in [0, 0.1) is 0 Å². The predicted molar refractivity (Wildman–Crippen MR) is 130 cm³/mol. The molecule has 0 unspecified atom stereocenters. The third-order valence-corrected chi connectivity index (χ3v) is 6.10. The molecule has 0 saturated carbocycles. The molecule has 1 aliphatic heterocycles. The van der Waals surface area contributed by atoms with Gasteiger partial charge in [0.05, 0.1) is 18.4 Å². The minimum Gasteiger partial charge on any atom is -0.497 e. The van der Waals surface area contributed by atoms with Gasteiger partial charge < -0.3 is 14.5 Å². The van der Waals surface area contributed by atoms with Crippen molar-refractivity contribution in [2.24, 2.45) is 0 Å². The number of ether oxygens (including phenoxy) is 1. The van der Waals surface area contributed by atoms with E-state index in [2.05, 4.69) is 32.0 Å². The molecular formula is C25H24ClN5O. The summed E-state index contributed by atoms with van der Waals surface area (Å²) >= 11 is 6.11. The van der Waals surface area contributed by atoms with Crippen LogP contribution in [0.15, 0.2) is 73.1 Å². The first-order valence-electron chi connectivity index (χ1n) is 10.6. The molecule has 162 valence electrons. The lowest BCUT2D eigenvalue weighted by molar-refractivity contribution is 0.414. The third-order valence-electron chi connectivity index (χ3n) is 5.85. The topological polar surface area (TPSA) is 57.3 Å². The van der Waals surface area contributed by atoms with Gasteiger partial charge in [-0.05, 0) is 42.0 Å². The summed E-state index contributed by atoms with van der Waals surface area (Å²) in [6.45, 7) is 3.57. The SMILES string of the molecule is COc1cccc(N2CCN(c3n[nH]c(-c4ccc(Cl)cc4)c3-c3ccncc3)CC2)c1. The molecule has 1 fully saturated rings. The Bertz CT molecular complexity index is 1180. The van der Waals surface area contributed by atoms with E-state index in [1.165, 1.54) is 5.69 Å². The second-order valence-corrected chi connectivity index (χ2v) is 8.15. The Balaban J connectivity index is 1.44. The Morgan fingerprint density at radius 1 is 0.875 bits per heavy atom. The first kappa shape index (κ1) is 20.4. The van der Waals surface area contributed by atoms with Crippen molar-refractivity contribution >= 4 is 23.1 Å². The molecule has 1 N–H and O–H groups in total. The summed E-state index contributed by atoms with van der Waals surface area (Å²) in [5, 5.41) is 8.74. The lowest BCUT2D eigenvalue weighted by atomic mass is 10.0. The molecule has 32 heavy (non-hydrogen) atoms. The molecule has 1 saturated heterocycles. The first-order chi connectivity index (χ1) is 15.7. The second-order valence-electron chi connectivity index (χ2n) is 7.72. The van der Waals surface area contributed by atoms with Gasteiger partial charge in [0.25, 0.3) is 0 Å². The zero-order chi connectivity index (χ0) is 21.9. The number of halogens is 1. The number of aromatic nitrogens is 3. The molecule has 0 spiro atoms. The lowest BCUT2D eigenvalue weighted by Gasteiger charge is -2.36. The van der Waals surface area contributed by atoms with Crippen molar-refractivity contribution in [3.05, 3.63) is 78.1 Å². The van der Waals surface area contributed by atoms with E-state index in [0.717, 1.165) is 60.1 Å². The number of hydrogen-bond acceptors (Lipinski definition) is 5. The molecule has 3 heterocycles. The Labute approximate surface area is 192 Å². The highest BCUT2D eigenvalue weighted by molar-refractivity contribution is 6.30. The highest BCUT2D eigenvalue weighted by Crippen LogP contribution is 2.38. The largest absolute Gasteiger partial charge is 0.497 e. The molecular weight excluding hydrogens is 422 g/mol. The molecule has 2 aromatic carbocycles. The minimum atomic E-state index is 0.715. The number of methoxy groups -OCH3 is 1. The smallest absolute Gasteiger partial charge is 0.159 e. The van der Waals surface area contributed by atoms with Gasteiger partial charge in [-0.2, -0.15) is 5.10 Å². The maximum atomic E-state index is 6.11. The van der Waals surface area contributed by atoms with Gasteiger partial charge in [0.15, 0.2) is 5.82 Å². The number of rotatable bonds is 5. The van der Waals surface area contributed by atoms with Crippen molar-refractivity contribution in [1.29, 1.82) is 0 Å². The van der Waals surface area contributed by atoms with E-state index in [9.17, 15) is 0 Å². The van der Waals surface area contributed by atoms with Crippen molar-refractivity contribution in [3.8, 4) is 28.1 Å². The van der Waals surface area contributed by atoms with Crippen LogP contribution >= 0.6 is 11.6 Å². The third kappa shape index (κ3) is 4.01. The Hall–Kier alpha value is -3.51. The van der Waals surface area contributed by atoms with Crippen LogP contribution in [-0.2, 0) is 0 Å². The number of aromatic amines is 1. The molecule has 0 bridgehead atoms. The van der Waals surface area contributed by atoms with Crippen LogP contribution < -0.4 is 14.5 Å². The molecule has 0 aliphatic carbocycles. The van der Waals surface area contributed by atoms with Crippen LogP contribution in [0.5, 0.6) is 5.75 Å². The Morgan fingerprint density at radius 2 is 1.59 bits per heavy atom. The van der Waals surface area contributed by atoms with E-state index in [-0.39, 0.29) is 0 Å². The van der Waals surface area contributed by atoms with E-state index in [1.807, 2.05) is 60.9 Å². The summed E-state index contributed by atoms with van der Waals surface area (Å²) in [4.78, 5) is 8.93. The van der Waals surface area contributed by atoms with Gasteiger partial charge in [0, 0.05) is 60.9 Å².